The SMILES string of the molecule is O=C(C1CC1)N(CCc1c[nH]c2ccccc12)Cc1ccc2c(c1)OCO2. The van der Waals surface area contributed by atoms with Crippen molar-refractivity contribution in [3.8, 4) is 11.5 Å². The molecule has 1 N–H and O–H groups in total. The predicted molar refractivity (Wildman–Crippen MR) is 103 cm³/mol. The normalized spacial score (nSPS) is 15.3. The number of fused-ring (bicyclic) bond motifs is 2. The largest absolute Gasteiger partial charge is 0.454 e. The van der Waals surface area contributed by atoms with Crippen molar-refractivity contribution in [3.05, 3.63) is 59.8 Å². The molecule has 2 heterocycles. The van der Waals surface area contributed by atoms with Gasteiger partial charge in [-0.1, -0.05) is 24.3 Å². The van der Waals surface area contributed by atoms with E-state index in [1.54, 1.807) is 0 Å². The quantitative estimate of drug-likeness (QED) is 0.724. The van der Waals surface area contributed by atoms with Crippen molar-refractivity contribution in [3.63, 3.8) is 0 Å². The van der Waals surface area contributed by atoms with Gasteiger partial charge in [0.05, 0.1) is 0 Å². The van der Waals surface area contributed by atoms with E-state index in [2.05, 4.69) is 29.4 Å². The maximum atomic E-state index is 12.8. The van der Waals surface area contributed by atoms with Gasteiger partial charge in [0.15, 0.2) is 11.5 Å². The standard InChI is InChI=1S/C22H22N2O3/c25-22(16-6-7-16)24(13-15-5-8-20-21(11-15)27-14-26-20)10-9-17-12-23-19-4-2-1-3-18(17)19/h1-5,8,11-12,16,23H,6-7,9-10,13-14H2. The van der Waals surface area contributed by atoms with Gasteiger partial charge in [-0.15, -0.1) is 0 Å². The van der Waals surface area contributed by atoms with Crippen molar-refractivity contribution in [2.24, 2.45) is 5.92 Å². The second kappa shape index (κ2) is 6.65. The highest BCUT2D eigenvalue weighted by molar-refractivity contribution is 5.83. The lowest BCUT2D eigenvalue weighted by molar-refractivity contribution is -0.133. The van der Waals surface area contributed by atoms with Crippen molar-refractivity contribution >= 4 is 16.8 Å². The Hall–Kier alpha value is -2.95. The van der Waals surface area contributed by atoms with Crippen LogP contribution in [0.2, 0.25) is 0 Å². The van der Waals surface area contributed by atoms with E-state index in [1.165, 1.54) is 10.9 Å². The minimum absolute atomic E-state index is 0.210. The number of hydrogen-bond acceptors (Lipinski definition) is 3. The molecule has 138 valence electrons. The smallest absolute Gasteiger partial charge is 0.231 e. The molecule has 1 saturated carbocycles. The number of nitrogens with zero attached hydrogens (tertiary/aromatic N) is 1. The number of carbonyl (C=O) groups is 1. The molecule has 1 aliphatic heterocycles. The molecule has 5 nitrogen and oxygen atoms in total. The third-order valence-electron chi connectivity index (χ3n) is 5.37. The number of nitrogens with one attached hydrogen (secondary N) is 1. The number of aromatic amines is 1. The Balaban J connectivity index is 1.34. The van der Waals surface area contributed by atoms with Gasteiger partial charge in [-0.25, -0.2) is 0 Å². The molecule has 0 unspecified atom stereocenters. The molecule has 2 aromatic carbocycles. The highest BCUT2D eigenvalue weighted by atomic mass is 16.7. The van der Waals surface area contributed by atoms with E-state index in [4.69, 9.17) is 9.47 Å². The molecule has 0 spiro atoms. The molecule has 0 radical (unpaired) electrons. The summed E-state index contributed by atoms with van der Waals surface area (Å²) in [5, 5.41) is 1.24. The van der Waals surface area contributed by atoms with Crippen molar-refractivity contribution in [2.45, 2.75) is 25.8 Å². The van der Waals surface area contributed by atoms with E-state index in [-0.39, 0.29) is 18.6 Å². The molecule has 1 aromatic heterocycles. The number of benzene rings is 2. The Morgan fingerprint density at radius 3 is 2.85 bits per heavy atom. The van der Waals surface area contributed by atoms with Gasteiger partial charge < -0.3 is 19.4 Å². The van der Waals surface area contributed by atoms with E-state index < -0.39 is 0 Å². The van der Waals surface area contributed by atoms with Crippen molar-refractivity contribution in [2.75, 3.05) is 13.3 Å². The fourth-order valence-corrected chi connectivity index (χ4v) is 3.71. The highest BCUT2D eigenvalue weighted by Gasteiger charge is 2.33. The molecule has 3 aromatic rings. The summed E-state index contributed by atoms with van der Waals surface area (Å²) in [6.45, 7) is 1.59. The summed E-state index contributed by atoms with van der Waals surface area (Å²) >= 11 is 0. The number of rotatable bonds is 6. The molecule has 27 heavy (non-hydrogen) atoms. The minimum atomic E-state index is 0.210. The molecule has 1 amide bonds. The number of aromatic nitrogens is 1. The first-order valence-corrected chi connectivity index (χ1v) is 9.50. The summed E-state index contributed by atoms with van der Waals surface area (Å²) in [5.74, 6) is 2.02. The van der Waals surface area contributed by atoms with Gasteiger partial charge in [-0.3, -0.25) is 4.79 Å². The average molecular weight is 362 g/mol. The zero-order valence-corrected chi connectivity index (χ0v) is 15.1. The maximum Gasteiger partial charge on any atom is 0.231 e. The summed E-state index contributed by atoms with van der Waals surface area (Å²) in [6.07, 6.45) is 4.94. The number of ether oxygens (including phenoxy) is 2. The van der Waals surface area contributed by atoms with Crippen LogP contribution in [0.3, 0.4) is 0 Å². The number of H-pyrrole nitrogens is 1. The monoisotopic (exact) mass is 362 g/mol. The lowest BCUT2D eigenvalue weighted by atomic mass is 10.1. The maximum absolute atomic E-state index is 12.8. The second-order valence-corrected chi connectivity index (χ2v) is 7.33. The second-order valence-electron chi connectivity index (χ2n) is 7.33. The van der Waals surface area contributed by atoms with E-state index in [9.17, 15) is 4.79 Å². The summed E-state index contributed by atoms with van der Waals surface area (Å²) in [7, 11) is 0. The van der Waals surface area contributed by atoms with Gasteiger partial charge in [0.2, 0.25) is 12.7 Å². The third kappa shape index (κ3) is 3.25. The predicted octanol–water partition coefficient (Wildman–Crippen LogP) is 3.88. The van der Waals surface area contributed by atoms with E-state index in [1.807, 2.05) is 29.2 Å². The molecule has 1 fully saturated rings. The Labute approximate surface area is 157 Å². The first-order valence-electron chi connectivity index (χ1n) is 9.50. The van der Waals surface area contributed by atoms with Crippen LogP contribution in [0.1, 0.15) is 24.0 Å². The van der Waals surface area contributed by atoms with E-state index in [0.29, 0.717) is 13.1 Å². The molecular weight excluding hydrogens is 340 g/mol. The zero-order valence-electron chi connectivity index (χ0n) is 15.1. The van der Waals surface area contributed by atoms with Gasteiger partial charge in [-0.2, -0.15) is 0 Å². The number of hydrogen-bond donors (Lipinski definition) is 1. The van der Waals surface area contributed by atoms with Crippen LogP contribution >= 0.6 is 0 Å². The van der Waals surface area contributed by atoms with Crippen molar-refractivity contribution in [1.82, 2.24) is 9.88 Å². The van der Waals surface area contributed by atoms with Gasteiger partial charge >= 0.3 is 0 Å². The van der Waals surface area contributed by atoms with Crippen LogP contribution in [-0.2, 0) is 17.8 Å². The van der Waals surface area contributed by atoms with Crippen LogP contribution in [0.4, 0.5) is 0 Å². The van der Waals surface area contributed by atoms with Crippen LogP contribution in [0.25, 0.3) is 10.9 Å². The van der Waals surface area contributed by atoms with Gasteiger partial charge in [0.1, 0.15) is 0 Å². The fourth-order valence-electron chi connectivity index (χ4n) is 3.71. The Morgan fingerprint density at radius 2 is 1.96 bits per heavy atom. The lowest BCUT2D eigenvalue weighted by Gasteiger charge is -2.23. The fraction of sp³-hybridized carbons (Fsp3) is 0.318. The van der Waals surface area contributed by atoms with Crippen LogP contribution in [0, 0.1) is 5.92 Å². The van der Waals surface area contributed by atoms with Gasteiger partial charge in [-0.05, 0) is 48.6 Å². The summed E-state index contributed by atoms with van der Waals surface area (Å²) in [6, 6.07) is 14.2. The van der Waals surface area contributed by atoms with Crippen LogP contribution < -0.4 is 9.47 Å². The van der Waals surface area contributed by atoms with Crippen molar-refractivity contribution < 1.29 is 14.3 Å². The highest BCUT2D eigenvalue weighted by Crippen LogP contribution is 2.34. The van der Waals surface area contributed by atoms with Crippen LogP contribution in [0.15, 0.2) is 48.7 Å². The number of amides is 1. The van der Waals surface area contributed by atoms with Gasteiger partial charge in [0.25, 0.3) is 0 Å². The summed E-state index contributed by atoms with van der Waals surface area (Å²) in [5.41, 5.74) is 3.47. The van der Waals surface area contributed by atoms with Crippen LogP contribution in [0.5, 0.6) is 11.5 Å². The third-order valence-corrected chi connectivity index (χ3v) is 5.37. The van der Waals surface area contributed by atoms with Gasteiger partial charge in [0, 0.05) is 36.1 Å². The molecule has 2 aliphatic rings. The Kier molecular flexibility index (Phi) is 4.00. The molecule has 0 atom stereocenters. The number of carbonyl (C=O) groups excluding carboxylic acids is 1. The zero-order chi connectivity index (χ0) is 18.2. The topological polar surface area (TPSA) is 54.6 Å². The summed E-state index contributed by atoms with van der Waals surface area (Å²) < 4.78 is 10.9. The first-order chi connectivity index (χ1) is 13.3. The van der Waals surface area contributed by atoms with E-state index >= 15 is 0 Å². The van der Waals surface area contributed by atoms with E-state index in [0.717, 1.165) is 41.8 Å². The molecule has 5 heteroatoms. The molecule has 1 aliphatic carbocycles. The molecule has 0 bridgehead atoms. The molecule has 0 saturated heterocycles. The molecular formula is C22H22N2O3. The Morgan fingerprint density at radius 1 is 1.11 bits per heavy atom. The summed E-state index contributed by atoms with van der Waals surface area (Å²) in [4.78, 5) is 18.1. The minimum Gasteiger partial charge on any atom is -0.454 e. The van der Waals surface area contributed by atoms with Crippen LogP contribution in [-0.4, -0.2) is 29.1 Å². The molecule has 5 rings (SSSR count). The average Bonchev–Trinajstić information content (AvgIpc) is 3.30. The van der Waals surface area contributed by atoms with Crippen molar-refractivity contribution in [1.29, 1.82) is 0 Å². The lowest BCUT2D eigenvalue weighted by Crippen LogP contribution is -2.33. The Bertz CT molecular complexity index is 990. The number of para-hydroxylation sites is 1. The first kappa shape index (κ1) is 16.2.